The number of ether oxygens (including phenoxy) is 2. The van der Waals surface area contributed by atoms with Crippen LogP contribution in [0.3, 0.4) is 0 Å². The molecule has 4 rings (SSSR count). The largest absolute Gasteiger partial charge is 0.507 e. The molecule has 2 heterocycles. The number of carbonyl (C=O) groups is 2. The molecule has 186 valence electrons. The lowest BCUT2D eigenvalue weighted by Gasteiger charge is -2.29. The number of Topliss-reactive ketones (excluding diaryl/α,β-unsaturated/α-hetero) is 1. The third-order valence-corrected chi connectivity index (χ3v) is 6.47. The van der Waals surface area contributed by atoms with Crippen LogP contribution in [0.5, 0.6) is 11.5 Å². The maximum atomic E-state index is 13.2. The molecule has 2 aromatic carbocycles. The van der Waals surface area contributed by atoms with Crippen LogP contribution in [0.4, 0.5) is 0 Å². The third-order valence-electron chi connectivity index (χ3n) is 6.24. The lowest BCUT2D eigenvalue weighted by atomic mass is 9.95. The van der Waals surface area contributed by atoms with E-state index in [1.54, 1.807) is 24.3 Å². The number of phenols is 1. The maximum Gasteiger partial charge on any atom is 0.295 e. The number of amides is 1. The molecule has 0 aromatic heterocycles. The SMILES string of the molecule is CCOc1ccc(C2/C(=C(\O)c3cc(Cl)ccc3O)C(=O)C(=O)N2CCCN2CCOCC2)cc1. The molecule has 2 aliphatic rings. The first kappa shape index (κ1) is 25.0. The van der Waals surface area contributed by atoms with E-state index in [0.717, 1.165) is 19.6 Å². The Morgan fingerprint density at radius 1 is 1.11 bits per heavy atom. The highest BCUT2D eigenvalue weighted by Crippen LogP contribution is 2.41. The highest BCUT2D eigenvalue weighted by molar-refractivity contribution is 6.46. The molecular weight excluding hydrogens is 472 g/mol. The number of likely N-dealkylation sites (tertiary alicyclic amines) is 1. The van der Waals surface area contributed by atoms with Gasteiger partial charge in [0.05, 0.1) is 37.0 Å². The Hall–Kier alpha value is -3.07. The summed E-state index contributed by atoms with van der Waals surface area (Å²) in [5, 5.41) is 21.8. The van der Waals surface area contributed by atoms with E-state index < -0.39 is 23.5 Å². The summed E-state index contributed by atoms with van der Waals surface area (Å²) in [7, 11) is 0. The van der Waals surface area contributed by atoms with Crippen LogP contribution in [0.25, 0.3) is 5.76 Å². The highest BCUT2D eigenvalue weighted by atomic mass is 35.5. The van der Waals surface area contributed by atoms with Crippen LogP contribution in [0.15, 0.2) is 48.0 Å². The molecule has 2 N–H and O–H groups in total. The molecule has 0 saturated carbocycles. The second-order valence-electron chi connectivity index (χ2n) is 8.46. The van der Waals surface area contributed by atoms with Gasteiger partial charge >= 0.3 is 0 Å². The van der Waals surface area contributed by atoms with Crippen molar-refractivity contribution in [1.29, 1.82) is 0 Å². The van der Waals surface area contributed by atoms with Crippen LogP contribution in [-0.4, -0.2) is 77.7 Å². The Bertz CT molecular complexity index is 1110. The van der Waals surface area contributed by atoms with Gasteiger partial charge in [-0.2, -0.15) is 0 Å². The van der Waals surface area contributed by atoms with Gasteiger partial charge in [-0.3, -0.25) is 14.5 Å². The third kappa shape index (κ3) is 5.45. The number of rotatable bonds is 8. The van der Waals surface area contributed by atoms with Gasteiger partial charge in [-0.1, -0.05) is 23.7 Å². The molecule has 2 fully saturated rings. The number of hydrogen-bond donors (Lipinski definition) is 2. The molecule has 1 amide bonds. The quantitative estimate of drug-likeness (QED) is 0.324. The summed E-state index contributed by atoms with van der Waals surface area (Å²) in [5.41, 5.74) is 0.574. The molecule has 2 aliphatic heterocycles. The molecule has 2 saturated heterocycles. The number of nitrogens with zero attached hydrogens (tertiary/aromatic N) is 2. The van der Waals surface area contributed by atoms with Crippen LogP contribution in [0, 0.1) is 0 Å². The summed E-state index contributed by atoms with van der Waals surface area (Å²) in [4.78, 5) is 30.0. The van der Waals surface area contributed by atoms with Gasteiger partial charge in [-0.05, 0) is 49.2 Å². The van der Waals surface area contributed by atoms with E-state index >= 15 is 0 Å². The summed E-state index contributed by atoms with van der Waals surface area (Å²) in [6.45, 7) is 6.50. The van der Waals surface area contributed by atoms with Crippen molar-refractivity contribution >= 4 is 29.1 Å². The minimum atomic E-state index is -0.811. The molecule has 0 spiro atoms. The number of aliphatic hydroxyl groups is 1. The zero-order chi connectivity index (χ0) is 24.9. The molecule has 1 unspecified atom stereocenters. The Kier molecular flexibility index (Phi) is 7.95. The molecule has 0 radical (unpaired) electrons. The molecule has 0 bridgehead atoms. The topological polar surface area (TPSA) is 99.5 Å². The fraction of sp³-hybridized carbons (Fsp3) is 0.385. The highest BCUT2D eigenvalue weighted by Gasteiger charge is 2.46. The van der Waals surface area contributed by atoms with E-state index in [4.69, 9.17) is 21.1 Å². The van der Waals surface area contributed by atoms with E-state index in [1.165, 1.54) is 23.1 Å². The maximum absolute atomic E-state index is 13.2. The number of hydrogen-bond acceptors (Lipinski definition) is 7. The fourth-order valence-electron chi connectivity index (χ4n) is 4.50. The average Bonchev–Trinajstić information content (AvgIpc) is 3.11. The molecule has 8 nitrogen and oxygen atoms in total. The summed E-state index contributed by atoms with van der Waals surface area (Å²) >= 11 is 6.07. The zero-order valence-electron chi connectivity index (χ0n) is 19.6. The normalized spacial score (nSPS) is 20.4. The van der Waals surface area contributed by atoms with E-state index in [-0.39, 0.29) is 21.9 Å². The Morgan fingerprint density at radius 2 is 1.83 bits per heavy atom. The first-order chi connectivity index (χ1) is 16.9. The summed E-state index contributed by atoms with van der Waals surface area (Å²) in [6.07, 6.45) is 0.656. The van der Waals surface area contributed by atoms with Gasteiger partial charge in [-0.15, -0.1) is 0 Å². The van der Waals surface area contributed by atoms with Crippen molar-refractivity contribution < 1.29 is 29.3 Å². The minimum absolute atomic E-state index is 0.000229. The Morgan fingerprint density at radius 3 is 2.51 bits per heavy atom. The van der Waals surface area contributed by atoms with Gasteiger partial charge in [0.25, 0.3) is 11.7 Å². The summed E-state index contributed by atoms with van der Waals surface area (Å²) in [6, 6.07) is 10.5. The lowest BCUT2D eigenvalue weighted by molar-refractivity contribution is -0.140. The lowest BCUT2D eigenvalue weighted by Crippen LogP contribution is -2.38. The standard InChI is InChI=1S/C26H29ClN2O6/c1-2-35-19-7-4-17(5-8-19)23-22(24(31)20-16-18(27)6-9-21(20)30)25(32)26(33)29(23)11-3-10-28-12-14-34-15-13-28/h4-9,16,23,30-31H,2-3,10-15H2,1H3/b24-22+. The average molecular weight is 501 g/mol. The molecule has 0 aliphatic carbocycles. The van der Waals surface area contributed by atoms with Crippen molar-refractivity contribution in [2.45, 2.75) is 19.4 Å². The van der Waals surface area contributed by atoms with Crippen molar-refractivity contribution in [2.75, 3.05) is 46.0 Å². The number of benzene rings is 2. The fourth-order valence-corrected chi connectivity index (χ4v) is 4.67. The van der Waals surface area contributed by atoms with Crippen LogP contribution in [-0.2, 0) is 14.3 Å². The van der Waals surface area contributed by atoms with Crippen molar-refractivity contribution in [3.05, 3.63) is 64.2 Å². The van der Waals surface area contributed by atoms with Gasteiger partial charge < -0.3 is 24.6 Å². The molecule has 1 atom stereocenters. The smallest absolute Gasteiger partial charge is 0.295 e. The van der Waals surface area contributed by atoms with Gasteiger partial charge in [0.2, 0.25) is 0 Å². The Labute approximate surface area is 209 Å². The summed E-state index contributed by atoms with van der Waals surface area (Å²) < 4.78 is 10.9. The van der Waals surface area contributed by atoms with Gasteiger partial charge in [0.1, 0.15) is 17.3 Å². The van der Waals surface area contributed by atoms with E-state index in [1.807, 2.05) is 6.92 Å². The van der Waals surface area contributed by atoms with Crippen molar-refractivity contribution in [1.82, 2.24) is 9.80 Å². The minimum Gasteiger partial charge on any atom is -0.507 e. The molecule has 9 heteroatoms. The van der Waals surface area contributed by atoms with Gasteiger partial charge in [0.15, 0.2) is 0 Å². The molecule has 35 heavy (non-hydrogen) atoms. The number of carbonyl (C=O) groups excluding carboxylic acids is 2. The molecule has 2 aromatic rings. The van der Waals surface area contributed by atoms with E-state index in [0.29, 0.717) is 44.1 Å². The molecular formula is C26H29ClN2O6. The number of phenolic OH excluding ortho intramolecular Hbond substituents is 1. The predicted octanol–water partition coefficient (Wildman–Crippen LogP) is 3.59. The Balaban J connectivity index is 1.70. The number of aliphatic hydroxyl groups excluding tert-OH is 1. The monoisotopic (exact) mass is 500 g/mol. The van der Waals surface area contributed by atoms with Crippen molar-refractivity contribution in [3.8, 4) is 11.5 Å². The second kappa shape index (κ2) is 11.1. The van der Waals surface area contributed by atoms with Crippen LogP contribution < -0.4 is 4.74 Å². The number of aromatic hydroxyl groups is 1. The van der Waals surface area contributed by atoms with Crippen molar-refractivity contribution in [2.24, 2.45) is 0 Å². The predicted molar refractivity (Wildman–Crippen MR) is 132 cm³/mol. The van der Waals surface area contributed by atoms with E-state index in [2.05, 4.69) is 4.90 Å². The van der Waals surface area contributed by atoms with Crippen LogP contribution >= 0.6 is 11.6 Å². The number of morpholine rings is 1. The first-order valence-corrected chi connectivity index (χ1v) is 12.1. The number of ketones is 1. The van der Waals surface area contributed by atoms with Crippen LogP contribution in [0.1, 0.15) is 30.5 Å². The number of halogens is 1. The van der Waals surface area contributed by atoms with E-state index in [9.17, 15) is 19.8 Å². The second-order valence-corrected chi connectivity index (χ2v) is 8.90. The zero-order valence-corrected chi connectivity index (χ0v) is 20.3. The van der Waals surface area contributed by atoms with Gasteiger partial charge in [0, 0.05) is 31.2 Å². The first-order valence-electron chi connectivity index (χ1n) is 11.7. The van der Waals surface area contributed by atoms with Gasteiger partial charge in [-0.25, -0.2) is 0 Å². The van der Waals surface area contributed by atoms with Crippen LogP contribution in [0.2, 0.25) is 5.02 Å². The van der Waals surface area contributed by atoms with Crippen molar-refractivity contribution in [3.63, 3.8) is 0 Å². The summed E-state index contributed by atoms with van der Waals surface area (Å²) in [5.74, 6) is -1.53.